The van der Waals surface area contributed by atoms with Crippen molar-refractivity contribution in [3.05, 3.63) is 17.0 Å². The van der Waals surface area contributed by atoms with Crippen molar-refractivity contribution in [2.45, 2.75) is 12.1 Å². The van der Waals surface area contributed by atoms with Crippen LogP contribution < -0.4 is 5.14 Å². The highest BCUT2D eigenvalue weighted by Crippen LogP contribution is 2.25. The summed E-state index contributed by atoms with van der Waals surface area (Å²) in [5, 5.41) is 12.6. The third kappa shape index (κ3) is 1.91. The Labute approximate surface area is 90.2 Å². The lowest BCUT2D eigenvalue weighted by molar-refractivity contribution is 0.589. The van der Waals surface area contributed by atoms with Crippen LogP contribution in [0.5, 0.6) is 0 Å². The number of aromatic nitrogens is 3. The first-order chi connectivity index (χ1) is 6.98. The quantitative estimate of drug-likeness (QED) is 0.802. The number of primary sulfonamides is 1. The summed E-state index contributed by atoms with van der Waals surface area (Å²) in [4.78, 5) is 4.65. The third-order valence-electron chi connectivity index (χ3n) is 1.80. The number of hydrogen-bond acceptors (Lipinski definition) is 5. The van der Waals surface area contributed by atoms with E-state index in [1.165, 1.54) is 11.3 Å². The van der Waals surface area contributed by atoms with Crippen LogP contribution in [0.15, 0.2) is 16.6 Å². The van der Waals surface area contributed by atoms with E-state index in [9.17, 15) is 8.42 Å². The Balaban J connectivity index is 2.50. The molecule has 0 radical (unpaired) electrons. The molecule has 0 saturated carbocycles. The van der Waals surface area contributed by atoms with Crippen molar-refractivity contribution in [3.8, 4) is 10.7 Å². The zero-order valence-electron chi connectivity index (χ0n) is 7.76. The van der Waals surface area contributed by atoms with Gasteiger partial charge in [-0.05, 0) is 23.9 Å². The van der Waals surface area contributed by atoms with E-state index in [1.54, 1.807) is 0 Å². The molecule has 0 aliphatic carbocycles. The molecule has 15 heavy (non-hydrogen) atoms. The summed E-state index contributed by atoms with van der Waals surface area (Å²) in [6.45, 7) is 1.90. The van der Waals surface area contributed by atoms with Gasteiger partial charge in [-0.25, -0.2) is 18.7 Å². The van der Waals surface area contributed by atoms with Crippen molar-refractivity contribution in [2.24, 2.45) is 5.14 Å². The maximum Gasteiger partial charge on any atom is 0.273 e. The fourth-order valence-corrected chi connectivity index (χ4v) is 2.32. The third-order valence-corrected chi connectivity index (χ3v) is 3.53. The van der Waals surface area contributed by atoms with Crippen LogP contribution in [-0.2, 0) is 10.0 Å². The lowest BCUT2D eigenvalue weighted by atomic mass is 10.3. The highest BCUT2D eigenvalue weighted by atomic mass is 32.2. The summed E-state index contributed by atoms with van der Waals surface area (Å²) in [5.41, 5.74) is 1.000. The molecule has 0 aliphatic heterocycles. The molecule has 2 rings (SSSR count). The van der Waals surface area contributed by atoms with E-state index in [-0.39, 0.29) is 5.16 Å². The van der Waals surface area contributed by atoms with Crippen molar-refractivity contribution in [1.29, 1.82) is 0 Å². The highest BCUT2D eigenvalue weighted by Gasteiger charge is 2.16. The molecule has 2 aromatic heterocycles. The monoisotopic (exact) mass is 244 g/mol. The number of thiophene rings is 1. The van der Waals surface area contributed by atoms with Crippen molar-refractivity contribution >= 4 is 21.4 Å². The molecule has 0 bridgehead atoms. The van der Waals surface area contributed by atoms with Gasteiger partial charge in [-0.1, -0.05) is 0 Å². The molecular formula is C7H8N4O2S2. The molecule has 80 valence electrons. The first-order valence-corrected chi connectivity index (χ1v) is 6.41. The molecule has 0 spiro atoms. The number of nitrogens with one attached hydrogen (secondary N) is 1. The molecule has 8 heteroatoms. The van der Waals surface area contributed by atoms with E-state index in [0.717, 1.165) is 10.4 Å². The second-order valence-electron chi connectivity index (χ2n) is 2.94. The number of aromatic amines is 1. The van der Waals surface area contributed by atoms with Gasteiger partial charge in [0.05, 0.1) is 4.88 Å². The molecule has 3 N–H and O–H groups in total. The highest BCUT2D eigenvalue weighted by molar-refractivity contribution is 7.89. The van der Waals surface area contributed by atoms with Crippen molar-refractivity contribution in [3.63, 3.8) is 0 Å². The number of sulfonamides is 1. The summed E-state index contributed by atoms with van der Waals surface area (Å²) in [6.07, 6.45) is 0. The van der Waals surface area contributed by atoms with Crippen molar-refractivity contribution < 1.29 is 8.42 Å². The predicted octanol–water partition coefficient (Wildman–Crippen LogP) is 0.489. The lowest BCUT2D eigenvalue weighted by Gasteiger charge is -1.90. The number of nitrogens with two attached hydrogens (primary N) is 1. The molecule has 0 fully saturated rings. The summed E-state index contributed by atoms with van der Waals surface area (Å²) in [6, 6.07) is 1.91. The molecular weight excluding hydrogens is 236 g/mol. The van der Waals surface area contributed by atoms with Gasteiger partial charge in [-0.15, -0.1) is 11.3 Å². The normalized spacial score (nSPS) is 11.9. The van der Waals surface area contributed by atoms with Crippen molar-refractivity contribution in [1.82, 2.24) is 15.2 Å². The van der Waals surface area contributed by atoms with E-state index >= 15 is 0 Å². The van der Waals surface area contributed by atoms with Crippen LogP contribution in [0.4, 0.5) is 0 Å². The number of H-pyrrole nitrogens is 1. The molecule has 0 aromatic carbocycles. The fraction of sp³-hybridized carbons (Fsp3) is 0.143. The van der Waals surface area contributed by atoms with Crippen LogP contribution >= 0.6 is 11.3 Å². The van der Waals surface area contributed by atoms with Crippen LogP contribution in [0.3, 0.4) is 0 Å². The number of nitrogens with zero attached hydrogens (tertiary/aromatic N) is 2. The summed E-state index contributed by atoms with van der Waals surface area (Å²) >= 11 is 1.45. The zero-order chi connectivity index (χ0) is 11.1. The number of rotatable bonds is 2. The molecule has 0 unspecified atom stereocenters. The lowest BCUT2D eigenvalue weighted by Crippen LogP contribution is -2.13. The van der Waals surface area contributed by atoms with Gasteiger partial charge in [0.15, 0.2) is 5.82 Å². The van der Waals surface area contributed by atoms with Gasteiger partial charge >= 0.3 is 0 Å². The standard InChI is InChI=1S/C7H8N4O2S2/c1-4-2-3-14-5(4)6-9-7(11-10-6)15(8,12)13/h2-3H,1H3,(H2,8,12,13)(H,9,10,11). The van der Waals surface area contributed by atoms with E-state index < -0.39 is 10.0 Å². The van der Waals surface area contributed by atoms with Crippen LogP contribution in [0.1, 0.15) is 5.56 Å². The van der Waals surface area contributed by atoms with E-state index in [4.69, 9.17) is 5.14 Å². The molecule has 2 heterocycles. The molecule has 0 atom stereocenters. The Kier molecular flexibility index (Phi) is 2.33. The maximum atomic E-state index is 10.9. The smallest absolute Gasteiger partial charge is 0.248 e. The summed E-state index contributed by atoms with van der Waals surface area (Å²) in [5.74, 6) is 0.353. The molecule has 0 aliphatic rings. The minimum Gasteiger partial charge on any atom is -0.248 e. The second kappa shape index (κ2) is 3.40. The van der Waals surface area contributed by atoms with E-state index in [2.05, 4.69) is 15.2 Å². The predicted molar refractivity (Wildman–Crippen MR) is 55.8 cm³/mol. The molecule has 2 aromatic rings. The topological polar surface area (TPSA) is 102 Å². The van der Waals surface area contributed by atoms with Gasteiger partial charge < -0.3 is 0 Å². The average Bonchev–Trinajstić information content (AvgIpc) is 2.69. The van der Waals surface area contributed by atoms with Crippen LogP contribution in [0, 0.1) is 6.92 Å². The first kappa shape index (κ1) is 10.3. The molecule has 0 saturated heterocycles. The maximum absolute atomic E-state index is 10.9. The minimum absolute atomic E-state index is 0.315. The fourth-order valence-electron chi connectivity index (χ4n) is 1.08. The molecule has 6 nitrogen and oxygen atoms in total. The van der Waals surface area contributed by atoms with Crippen LogP contribution in [-0.4, -0.2) is 23.6 Å². The summed E-state index contributed by atoms with van der Waals surface area (Å²) < 4.78 is 21.9. The van der Waals surface area contributed by atoms with Gasteiger partial charge in [0, 0.05) is 0 Å². The zero-order valence-corrected chi connectivity index (χ0v) is 9.39. The van der Waals surface area contributed by atoms with Gasteiger partial charge in [-0.3, -0.25) is 0 Å². The summed E-state index contributed by atoms with van der Waals surface area (Å²) in [7, 11) is -3.81. The Morgan fingerprint density at radius 2 is 2.27 bits per heavy atom. The second-order valence-corrected chi connectivity index (χ2v) is 5.33. The number of hydrogen-bond donors (Lipinski definition) is 2. The Morgan fingerprint density at radius 1 is 1.53 bits per heavy atom. The Morgan fingerprint density at radius 3 is 2.73 bits per heavy atom. The largest absolute Gasteiger partial charge is 0.273 e. The van der Waals surface area contributed by atoms with Crippen molar-refractivity contribution in [2.75, 3.05) is 0 Å². The van der Waals surface area contributed by atoms with Gasteiger partial charge in [0.2, 0.25) is 0 Å². The van der Waals surface area contributed by atoms with Crippen LogP contribution in [0.25, 0.3) is 10.7 Å². The van der Waals surface area contributed by atoms with Gasteiger partial charge in [-0.2, -0.15) is 10.1 Å². The average molecular weight is 244 g/mol. The Bertz CT molecular complexity index is 584. The minimum atomic E-state index is -3.81. The number of aryl methyl sites for hydroxylation is 1. The Hall–Kier alpha value is -1.25. The van der Waals surface area contributed by atoms with Gasteiger partial charge in [0.1, 0.15) is 0 Å². The SMILES string of the molecule is Cc1ccsc1-c1n[nH]c(S(N)(=O)=O)n1. The van der Waals surface area contributed by atoms with E-state index in [1.807, 2.05) is 18.4 Å². The van der Waals surface area contributed by atoms with Gasteiger partial charge in [0.25, 0.3) is 15.2 Å². The first-order valence-electron chi connectivity index (χ1n) is 3.98. The van der Waals surface area contributed by atoms with Crippen LogP contribution in [0.2, 0.25) is 0 Å². The molecule has 0 amide bonds. The van der Waals surface area contributed by atoms with E-state index in [0.29, 0.717) is 5.82 Å².